The number of esters is 2. The summed E-state index contributed by atoms with van der Waals surface area (Å²) >= 11 is 0. The van der Waals surface area contributed by atoms with Crippen molar-refractivity contribution in [3.63, 3.8) is 0 Å². The third-order valence-electron chi connectivity index (χ3n) is 8.58. The average molecular weight is 603 g/mol. The molecule has 0 bridgehead atoms. The molecule has 0 saturated carbocycles. The van der Waals surface area contributed by atoms with E-state index in [0.717, 1.165) is 43.3 Å². The number of carbonyl (C=O) groups is 2. The van der Waals surface area contributed by atoms with E-state index >= 15 is 0 Å². The van der Waals surface area contributed by atoms with Gasteiger partial charge in [-0.25, -0.2) is 9.59 Å². The van der Waals surface area contributed by atoms with Crippen LogP contribution in [-0.2, 0) is 33.3 Å². The molecule has 8 nitrogen and oxygen atoms in total. The molecule has 242 valence electrons. The Balaban J connectivity index is 2.15. The van der Waals surface area contributed by atoms with Crippen molar-refractivity contribution < 1.29 is 38.4 Å². The van der Waals surface area contributed by atoms with E-state index in [1.54, 1.807) is 13.2 Å². The molecule has 2 rings (SSSR count). The lowest BCUT2D eigenvalue weighted by Gasteiger charge is -2.52. The highest BCUT2D eigenvalue weighted by atomic mass is 16.7. The Morgan fingerprint density at radius 3 is 2.35 bits per heavy atom. The number of unbranched alkanes of at least 4 members (excludes halogenated alkanes) is 1. The van der Waals surface area contributed by atoms with Gasteiger partial charge in [-0.3, -0.25) is 0 Å². The van der Waals surface area contributed by atoms with Crippen LogP contribution in [0.5, 0.6) is 0 Å². The highest BCUT2D eigenvalue weighted by Crippen LogP contribution is 2.46. The summed E-state index contributed by atoms with van der Waals surface area (Å²) in [5.74, 6) is -1.21. The number of methoxy groups -OCH3 is 3. The second-order valence-corrected chi connectivity index (χ2v) is 12.1. The van der Waals surface area contributed by atoms with Crippen molar-refractivity contribution in [3.05, 3.63) is 59.8 Å². The largest absolute Gasteiger partial charge is 0.466 e. The van der Waals surface area contributed by atoms with Gasteiger partial charge in [-0.05, 0) is 51.0 Å². The Hall–Kier alpha value is -2.52. The molecule has 0 unspecified atom stereocenters. The monoisotopic (exact) mass is 602 g/mol. The van der Waals surface area contributed by atoms with Gasteiger partial charge in [-0.2, -0.15) is 0 Å². The smallest absolute Gasteiger partial charge is 0.330 e. The molecule has 0 aromatic heterocycles. The summed E-state index contributed by atoms with van der Waals surface area (Å²) in [5, 5.41) is 11.7. The highest BCUT2D eigenvalue weighted by molar-refractivity contribution is 5.83. The summed E-state index contributed by atoms with van der Waals surface area (Å²) in [6, 6.07) is 0. The fraction of sp³-hybridized carbons (Fsp3) is 0.657. The standard InChI is InChI=1S/C35H54O8/c1-9-10-20-34(38)22-23-35(43-31(34)17-13-26(3)24-33(37)41-8)21-19-28(5)30(42-35)16-12-25(2)11-15-29(39-6)27(4)14-18-32(36)40-7/h11-15,17-18,24,27-31,38H,9-10,16,19-23H2,1-8H3/b15-11+,17-13+,18-14+,25-12+,26-24+/t27-,28-,29-,30+,31-,34+,35-/m0/s1. The van der Waals surface area contributed by atoms with Crippen LogP contribution in [0.4, 0.5) is 0 Å². The van der Waals surface area contributed by atoms with Gasteiger partial charge in [-0.1, -0.05) is 75.6 Å². The molecular formula is C35H54O8. The molecule has 0 amide bonds. The molecule has 0 aromatic rings. The van der Waals surface area contributed by atoms with Crippen LogP contribution in [0.1, 0.15) is 86.0 Å². The Kier molecular flexibility index (Phi) is 15.1. The van der Waals surface area contributed by atoms with Gasteiger partial charge in [0.25, 0.3) is 0 Å². The van der Waals surface area contributed by atoms with Crippen LogP contribution in [0.15, 0.2) is 59.8 Å². The summed E-state index contributed by atoms with van der Waals surface area (Å²) in [6.45, 7) is 10.2. The first-order valence-corrected chi connectivity index (χ1v) is 15.6. The summed E-state index contributed by atoms with van der Waals surface area (Å²) in [5.41, 5.74) is 0.823. The molecular weight excluding hydrogens is 548 g/mol. The van der Waals surface area contributed by atoms with Crippen LogP contribution in [0, 0.1) is 11.8 Å². The van der Waals surface area contributed by atoms with Crippen molar-refractivity contribution in [1.29, 1.82) is 0 Å². The number of rotatable bonds is 14. The quantitative estimate of drug-likeness (QED) is 0.136. The molecule has 8 heteroatoms. The second kappa shape index (κ2) is 17.7. The minimum absolute atomic E-state index is 0.00383. The number of ether oxygens (including phenoxy) is 5. The van der Waals surface area contributed by atoms with Crippen LogP contribution in [-0.4, -0.2) is 68.1 Å². The molecule has 2 fully saturated rings. The number of aliphatic hydroxyl groups is 1. The van der Waals surface area contributed by atoms with E-state index in [1.165, 1.54) is 26.4 Å². The van der Waals surface area contributed by atoms with Crippen LogP contribution in [0.25, 0.3) is 0 Å². The molecule has 7 atom stereocenters. The van der Waals surface area contributed by atoms with Gasteiger partial charge in [0.2, 0.25) is 0 Å². The summed E-state index contributed by atoms with van der Waals surface area (Å²) in [7, 11) is 4.36. The third kappa shape index (κ3) is 11.5. The SMILES string of the molecule is CCCC[C@@]1(O)CC[C@]2(CC[C@H](C)[C@@H](C/C=C(C)/C=C/[C@H](OC)[C@@H](C)/C=C/C(=O)OC)O2)O[C@H]1/C=C/C(C)=C/C(=O)OC. The Bertz CT molecular complexity index is 1060. The van der Waals surface area contributed by atoms with E-state index in [-0.39, 0.29) is 24.1 Å². The lowest BCUT2D eigenvalue weighted by Crippen LogP contribution is -2.58. The van der Waals surface area contributed by atoms with E-state index in [1.807, 2.05) is 38.2 Å². The molecule has 2 heterocycles. The van der Waals surface area contributed by atoms with E-state index in [4.69, 9.17) is 18.9 Å². The molecule has 2 aliphatic rings. The first kappa shape index (κ1) is 36.7. The van der Waals surface area contributed by atoms with Gasteiger partial charge in [0.05, 0.1) is 32.0 Å². The summed E-state index contributed by atoms with van der Waals surface area (Å²) in [6.07, 6.45) is 20.0. The Labute approximate surface area is 258 Å². The molecule has 0 aromatic carbocycles. The van der Waals surface area contributed by atoms with Gasteiger partial charge in [0.1, 0.15) is 6.10 Å². The molecule has 1 spiro atoms. The normalized spacial score (nSPS) is 30.3. The van der Waals surface area contributed by atoms with Crippen molar-refractivity contribution in [3.8, 4) is 0 Å². The minimum atomic E-state index is -0.992. The minimum Gasteiger partial charge on any atom is -0.466 e. The first-order chi connectivity index (χ1) is 20.4. The molecule has 2 aliphatic heterocycles. The predicted octanol–water partition coefficient (Wildman–Crippen LogP) is 6.55. The van der Waals surface area contributed by atoms with Gasteiger partial charge in [-0.15, -0.1) is 0 Å². The zero-order valence-electron chi connectivity index (χ0n) is 27.5. The van der Waals surface area contributed by atoms with E-state index in [2.05, 4.69) is 31.6 Å². The number of carbonyl (C=O) groups excluding carboxylic acids is 2. The van der Waals surface area contributed by atoms with Crippen molar-refractivity contribution in [2.75, 3.05) is 21.3 Å². The molecule has 0 aliphatic carbocycles. The van der Waals surface area contributed by atoms with Crippen molar-refractivity contribution in [2.24, 2.45) is 11.8 Å². The fourth-order valence-corrected chi connectivity index (χ4v) is 5.58. The third-order valence-corrected chi connectivity index (χ3v) is 8.58. The Morgan fingerprint density at radius 1 is 0.977 bits per heavy atom. The van der Waals surface area contributed by atoms with Crippen LogP contribution in [0.2, 0.25) is 0 Å². The van der Waals surface area contributed by atoms with Gasteiger partial charge in [0, 0.05) is 38.0 Å². The van der Waals surface area contributed by atoms with Crippen molar-refractivity contribution in [1.82, 2.24) is 0 Å². The average Bonchev–Trinajstić information content (AvgIpc) is 3.00. The van der Waals surface area contributed by atoms with Crippen molar-refractivity contribution in [2.45, 2.75) is 116 Å². The Morgan fingerprint density at radius 2 is 1.70 bits per heavy atom. The van der Waals surface area contributed by atoms with Gasteiger partial charge < -0.3 is 28.8 Å². The molecule has 2 saturated heterocycles. The molecule has 0 radical (unpaired) electrons. The first-order valence-electron chi connectivity index (χ1n) is 15.6. The maximum absolute atomic E-state index is 11.7. The van der Waals surface area contributed by atoms with Gasteiger partial charge in [0.15, 0.2) is 5.79 Å². The predicted molar refractivity (Wildman–Crippen MR) is 168 cm³/mol. The summed E-state index contributed by atoms with van der Waals surface area (Å²) < 4.78 is 28.4. The lowest BCUT2D eigenvalue weighted by atomic mass is 9.78. The maximum Gasteiger partial charge on any atom is 0.330 e. The number of allylic oxidation sites excluding steroid dienone is 4. The molecule has 1 N–H and O–H groups in total. The number of hydrogen-bond donors (Lipinski definition) is 1. The zero-order valence-corrected chi connectivity index (χ0v) is 27.5. The van der Waals surface area contributed by atoms with E-state index in [9.17, 15) is 14.7 Å². The lowest BCUT2D eigenvalue weighted by molar-refractivity contribution is -0.343. The topological polar surface area (TPSA) is 101 Å². The maximum atomic E-state index is 11.7. The van der Waals surface area contributed by atoms with Gasteiger partial charge >= 0.3 is 11.9 Å². The number of hydrogen-bond acceptors (Lipinski definition) is 8. The van der Waals surface area contributed by atoms with Crippen LogP contribution >= 0.6 is 0 Å². The summed E-state index contributed by atoms with van der Waals surface area (Å²) in [4.78, 5) is 23.1. The molecule has 43 heavy (non-hydrogen) atoms. The zero-order chi connectivity index (χ0) is 32.0. The van der Waals surface area contributed by atoms with Crippen LogP contribution < -0.4 is 0 Å². The van der Waals surface area contributed by atoms with Crippen LogP contribution in [0.3, 0.4) is 0 Å². The van der Waals surface area contributed by atoms with E-state index in [0.29, 0.717) is 25.2 Å². The fourth-order valence-electron chi connectivity index (χ4n) is 5.58. The van der Waals surface area contributed by atoms with Crippen molar-refractivity contribution >= 4 is 11.9 Å². The van der Waals surface area contributed by atoms with E-state index < -0.39 is 23.5 Å². The second-order valence-electron chi connectivity index (χ2n) is 12.1. The highest BCUT2D eigenvalue weighted by Gasteiger charge is 2.51.